The number of fused-ring (bicyclic) bond motifs is 7. The molecule has 4 unspecified atom stereocenters. The normalized spacial score (nSPS) is 18.9. The number of alkyl halides is 4. The number of hydrogen-bond donors (Lipinski definition) is 3. The van der Waals surface area contributed by atoms with Crippen molar-refractivity contribution in [2.45, 2.75) is 89.1 Å². The van der Waals surface area contributed by atoms with Crippen LogP contribution in [-0.4, -0.2) is 77.4 Å². The smallest absolute Gasteiger partial charge is 0.497 e. The molecule has 0 bridgehead atoms. The number of para-hydroxylation sites is 2. The van der Waals surface area contributed by atoms with E-state index in [1.807, 2.05) is 148 Å². The summed E-state index contributed by atoms with van der Waals surface area (Å²) in [6, 6.07) is 46.1. The number of carbonyl (C=O) groups is 4. The summed E-state index contributed by atoms with van der Waals surface area (Å²) in [6.07, 6.45) is -5.84. The summed E-state index contributed by atoms with van der Waals surface area (Å²) < 4.78 is 110. The van der Waals surface area contributed by atoms with Crippen molar-refractivity contribution >= 4 is 40.6 Å². The Balaban J connectivity index is 0.000000122. The van der Waals surface area contributed by atoms with Crippen molar-refractivity contribution in [2.24, 2.45) is 5.92 Å². The molecule has 18 nitrogen and oxygen atoms in total. The monoisotopic (exact) mass is 1300 g/mol. The molecule has 0 aromatic heterocycles. The molecule has 3 N–H and O–H groups in total. The Labute approximate surface area is 544 Å². The third kappa shape index (κ3) is 14.3. The van der Waals surface area contributed by atoms with Crippen LogP contribution in [-0.2, 0) is 25.6 Å². The number of ether oxygens (including phenoxy) is 11. The molecule has 0 saturated heterocycles. The number of hydrogen-bond acceptors (Lipinski definition) is 15. The molecule has 7 aliphatic rings. The molecule has 15 rings (SSSR count). The molecular weight excluding hydrogens is 1230 g/mol. The largest absolute Gasteiger partial charge is 0.586 e. The second-order valence-electron chi connectivity index (χ2n) is 23.6. The first kappa shape index (κ1) is 64.5. The molecule has 4 atom stereocenters. The van der Waals surface area contributed by atoms with Gasteiger partial charge in [-0.15, -0.1) is 17.6 Å². The fourth-order valence-corrected chi connectivity index (χ4v) is 12.5. The van der Waals surface area contributed by atoms with Crippen molar-refractivity contribution in [3.05, 3.63) is 202 Å². The van der Waals surface area contributed by atoms with E-state index in [2.05, 4.69) is 34.9 Å². The number of ketones is 1. The Morgan fingerprint density at radius 1 is 0.453 bits per heavy atom. The van der Waals surface area contributed by atoms with Gasteiger partial charge in [-0.05, 0) is 131 Å². The van der Waals surface area contributed by atoms with Crippen LogP contribution in [0.5, 0.6) is 63.2 Å². The number of methoxy groups -OCH3 is 3. The summed E-state index contributed by atoms with van der Waals surface area (Å²) in [5, 5.41) is 8.55. The average molecular weight is 1300 g/mol. The number of amides is 3. The lowest BCUT2D eigenvalue weighted by Gasteiger charge is -2.27. The molecule has 0 saturated carbocycles. The van der Waals surface area contributed by atoms with Gasteiger partial charge in [0.1, 0.15) is 34.5 Å². The van der Waals surface area contributed by atoms with Gasteiger partial charge in [-0.3, -0.25) is 19.2 Å². The molecule has 0 radical (unpaired) electrons. The highest BCUT2D eigenvalue weighted by Gasteiger charge is 2.46. The second kappa shape index (κ2) is 27.1. The van der Waals surface area contributed by atoms with Crippen LogP contribution >= 0.6 is 0 Å². The Kier molecular flexibility index (Phi) is 18.4. The minimum atomic E-state index is -3.70. The lowest BCUT2D eigenvalue weighted by Crippen LogP contribution is -2.25. The molecule has 3 amide bonds. The van der Waals surface area contributed by atoms with E-state index >= 15 is 0 Å². The minimum Gasteiger partial charge on any atom is -0.497 e. The molecule has 0 fully saturated rings. The maximum absolute atomic E-state index is 13.4. The van der Waals surface area contributed by atoms with E-state index in [4.69, 9.17) is 33.2 Å². The number of nitrogens with one attached hydrogen (secondary N) is 3. The van der Waals surface area contributed by atoms with Crippen LogP contribution in [0.3, 0.4) is 0 Å². The van der Waals surface area contributed by atoms with E-state index < -0.39 is 12.6 Å². The summed E-state index contributed by atoms with van der Waals surface area (Å²) in [6.45, 7) is 7.24. The van der Waals surface area contributed by atoms with E-state index in [0.29, 0.717) is 72.5 Å². The molecule has 1 aliphatic carbocycles. The van der Waals surface area contributed by atoms with E-state index in [1.54, 1.807) is 27.4 Å². The van der Waals surface area contributed by atoms with Crippen molar-refractivity contribution in [2.75, 3.05) is 57.3 Å². The number of Topliss-reactive ketones (excluding diaryl/α,β-unsaturated/α-hetero) is 1. The Morgan fingerprint density at radius 3 is 1.41 bits per heavy atom. The first-order valence-corrected chi connectivity index (χ1v) is 30.8. The highest BCUT2D eigenvalue weighted by atomic mass is 19.3. The van der Waals surface area contributed by atoms with E-state index in [-0.39, 0.29) is 89.8 Å². The highest BCUT2D eigenvalue weighted by Crippen LogP contribution is 2.52. The van der Waals surface area contributed by atoms with Gasteiger partial charge in [0.05, 0.1) is 34.5 Å². The van der Waals surface area contributed by atoms with Gasteiger partial charge in [-0.2, -0.15) is 0 Å². The van der Waals surface area contributed by atoms with Crippen LogP contribution < -0.4 is 68.1 Å². The zero-order chi connectivity index (χ0) is 66.7. The first-order valence-electron chi connectivity index (χ1n) is 30.8. The molecule has 0 spiro atoms. The fourth-order valence-electron chi connectivity index (χ4n) is 12.5. The topological polar surface area (TPSA) is 206 Å². The molecular formula is C73H67F4N3O15. The van der Waals surface area contributed by atoms with Crippen molar-refractivity contribution in [3.8, 4) is 63.2 Å². The third-order valence-corrected chi connectivity index (χ3v) is 16.8. The van der Waals surface area contributed by atoms with Gasteiger partial charge >= 0.3 is 12.6 Å². The molecule has 8 aromatic carbocycles. The van der Waals surface area contributed by atoms with Gasteiger partial charge in [0, 0.05) is 96.1 Å². The average Bonchev–Trinajstić information content (AvgIpc) is 1.75. The predicted molar refractivity (Wildman–Crippen MR) is 342 cm³/mol. The summed E-state index contributed by atoms with van der Waals surface area (Å²) >= 11 is 0. The maximum Gasteiger partial charge on any atom is 0.586 e. The molecule has 6 aliphatic heterocycles. The molecule has 95 heavy (non-hydrogen) atoms. The van der Waals surface area contributed by atoms with E-state index in [0.717, 1.165) is 73.3 Å². The Hall–Kier alpha value is -10.6. The zero-order valence-corrected chi connectivity index (χ0v) is 52.6. The number of rotatable bonds is 12. The van der Waals surface area contributed by atoms with Crippen LogP contribution in [0.2, 0.25) is 0 Å². The third-order valence-electron chi connectivity index (χ3n) is 16.8. The summed E-state index contributed by atoms with van der Waals surface area (Å²) in [4.78, 5) is 48.4. The Morgan fingerprint density at radius 2 is 0.874 bits per heavy atom. The molecule has 6 heterocycles. The van der Waals surface area contributed by atoms with Crippen LogP contribution in [0.4, 0.5) is 34.6 Å². The van der Waals surface area contributed by atoms with Crippen LogP contribution in [0.1, 0.15) is 120 Å². The number of benzene rings is 8. The van der Waals surface area contributed by atoms with Crippen LogP contribution in [0.25, 0.3) is 0 Å². The van der Waals surface area contributed by atoms with Crippen LogP contribution in [0, 0.1) is 5.92 Å². The fraction of sp³-hybridized carbons (Fsp3) is 0.288. The second-order valence-corrected chi connectivity index (χ2v) is 23.6. The number of carbonyl (C=O) groups excluding carboxylic acids is 4. The minimum absolute atomic E-state index is 0.00279. The molecule has 22 heteroatoms. The highest BCUT2D eigenvalue weighted by molar-refractivity contribution is 5.97. The van der Waals surface area contributed by atoms with Crippen LogP contribution in [0.15, 0.2) is 152 Å². The van der Waals surface area contributed by atoms with Gasteiger partial charge in [0.15, 0.2) is 34.5 Å². The van der Waals surface area contributed by atoms with Gasteiger partial charge < -0.3 is 68.1 Å². The SMILES string of the molecule is CC(C)COc1ccccc1C1CC(=O)Nc2cc3c(cc21)OC(F)(F)O3.CCOc1ccccc1C1CC(=O)Cc2cc3c(cc21)OC(F)(F)O3.COc1ccc(C2CC(=O)Nc3cc4c(cc32)OCO4)cc1.COc1ccc(C2CC(=O)Nc3ccc(OC)cc32)cc1. The summed E-state index contributed by atoms with van der Waals surface area (Å²) in [5.41, 5.74) is 10.3. The number of anilines is 3. The lowest BCUT2D eigenvalue weighted by molar-refractivity contribution is -0.287. The van der Waals surface area contributed by atoms with Gasteiger partial charge in [-0.1, -0.05) is 74.5 Å². The Bertz CT molecular complexity index is 4220. The maximum atomic E-state index is 13.4. The zero-order valence-electron chi connectivity index (χ0n) is 52.6. The van der Waals surface area contributed by atoms with Crippen molar-refractivity contribution in [1.29, 1.82) is 0 Å². The van der Waals surface area contributed by atoms with Crippen molar-refractivity contribution in [1.82, 2.24) is 0 Å². The standard InChI is InChI=1S/C20H19F2NO4.C19H16F2O4.C17H15NO4.C17H17NO3/c1-11(2)10-25-16-6-4-3-5-12(16)13-8-19(24)23-15-9-18-17(7-14(13)15)26-20(21,22)27-18;1-2-23-16-6-4-3-5-13(16)15-9-12(22)7-11-8-17-18(10-14(11)15)25-19(20,21)24-17;1-20-11-4-2-10(3-5-11)12-7-17(19)18-14-8-16-15(6-13(12)14)21-9-22-16;1-20-12-5-3-11(4-6-12)14-10-17(19)18-16-8-7-13(21-2)9-15(14)16/h3-7,9,11,13H,8,10H2,1-2H3,(H,23,24);3-6,8,10,15H,2,7,9H2,1H3;2-6,8,12H,7,9H2,1H3,(H,18,19);3-9,14H,10H2,1-2H3,(H,18,19). The first-order chi connectivity index (χ1) is 45.7. The lowest BCUT2D eigenvalue weighted by atomic mass is 9.78. The predicted octanol–water partition coefficient (Wildman–Crippen LogP) is 14.6. The molecule has 8 aromatic rings. The summed E-state index contributed by atoms with van der Waals surface area (Å²) in [5.74, 6) is 4.70. The quantitative estimate of drug-likeness (QED) is 0.0973. The van der Waals surface area contributed by atoms with Crippen molar-refractivity contribution < 1.29 is 88.8 Å². The van der Waals surface area contributed by atoms with E-state index in [9.17, 15) is 36.7 Å². The van der Waals surface area contributed by atoms with Gasteiger partial charge in [-0.25, -0.2) is 0 Å². The summed E-state index contributed by atoms with van der Waals surface area (Å²) in [7, 11) is 4.92. The van der Waals surface area contributed by atoms with Gasteiger partial charge in [0.2, 0.25) is 24.5 Å². The van der Waals surface area contributed by atoms with Crippen molar-refractivity contribution in [3.63, 3.8) is 0 Å². The number of halogens is 4. The molecule has 492 valence electrons. The van der Waals surface area contributed by atoms with E-state index in [1.165, 1.54) is 18.2 Å². The van der Waals surface area contributed by atoms with Gasteiger partial charge in [0.25, 0.3) is 0 Å².